The molecule has 0 aliphatic rings. The van der Waals surface area contributed by atoms with Gasteiger partial charge in [-0.1, -0.05) is 6.92 Å². The average Bonchev–Trinajstić information content (AvgIpc) is 3.35. The van der Waals surface area contributed by atoms with Gasteiger partial charge in [0.1, 0.15) is 17.3 Å². The lowest BCUT2D eigenvalue weighted by atomic mass is 10.2. The molecule has 2 heterocycles. The lowest BCUT2D eigenvalue weighted by Crippen LogP contribution is -2.37. The first kappa shape index (κ1) is 18.2. The van der Waals surface area contributed by atoms with Gasteiger partial charge in [0.05, 0.1) is 33.1 Å². The van der Waals surface area contributed by atoms with E-state index in [0.29, 0.717) is 13.1 Å². The number of imidazole rings is 1. The second-order valence-corrected chi connectivity index (χ2v) is 6.14. The van der Waals surface area contributed by atoms with E-state index in [2.05, 4.69) is 21.4 Å². The molecular formula is C20H25N3O3. The lowest BCUT2D eigenvalue weighted by Gasteiger charge is -2.28. The van der Waals surface area contributed by atoms with Gasteiger partial charge in [-0.05, 0) is 42.8 Å². The zero-order valence-electron chi connectivity index (χ0n) is 15.2. The quantitative estimate of drug-likeness (QED) is 0.638. The Labute approximate surface area is 153 Å². The summed E-state index contributed by atoms with van der Waals surface area (Å²) in [6, 6.07) is 11.7. The van der Waals surface area contributed by atoms with Crippen molar-refractivity contribution in [1.82, 2.24) is 14.5 Å². The lowest BCUT2D eigenvalue weighted by molar-refractivity contribution is 0.0971. The molecule has 0 spiro atoms. The zero-order chi connectivity index (χ0) is 18.4. The van der Waals surface area contributed by atoms with Crippen LogP contribution < -0.4 is 4.74 Å². The van der Waals surface area contributed by atoms with E-state index in [1.54, 1.807) is 19.6 Å². The number of hydrogen-bond acceptors (Lipinski definition) is 5. The number of benzene rings is 1. The fraction of sp³-hybridized carbons (Fsp3) is 0.350. The maximum atomic E-state index is 9.78. The second kappa shape index (κ2) is 8.69. The van der Waals surface area contributed by atoms with Crippen LogP contribution in [-0.2, 0) is 13.1 Å². The molecule has 0 saturated carbocycles. The van der Waals surface area contributed by atoms with Gasteiger partial charge in [0, 0.05) is 24.1 Å². The molecule has 0 amide bonds. The number of aromatic nitrogens is 2. The van der Waals surface area contributed by atoms with E-state index in [1.165, 1.54) is 0 Å². The molecule has 0 fully saturated rings. The van der Waals surface area contributed by atoms with E-state index in [0.717, 1.165) is 29.4 Å². The summed E-state index contributed by atoms with van der Waals surface area (Å²) in [6.07, 6.45) is 6.26. The van der Waals surface area contributed by atoms with Gasteiger partial charge in [0.15, 0.2) is 0 Å². The summed E-state index contributed by atoms with van der Waals surface area (Å²) < 4.78 is 12.8. The molecule has 0 radical (unpaired) electrons. The Morgan fingerprint density at radius 2 is 2.04 bits per heavy atom. The molecule has 3 aromatic rings. The summed E-state index contributed by atoms with van der Waals surface area (Å²) in [5.74, 6) is 2.61. The van der Waals surface area contributed by atoms with Gasteiger partial charge in [-0.25, -0.2) is 4.98 Å². The van der Waals surface area contributed by atoms with Gasteiger partial charge in [0.25, 0.3) is 0 Å². The monoisotopic (exact) mass is 355 g/mol. The van der Waals surface area contributed by atoms with E-state index >= 15 is 0 Å². The van der Waals surface area contributed by atoms with Crippen LogP contribution in [0.5, 0.6) is 5.75 Å². The van der Waals surface area contributed by atoms with Crippen molar-refractivity contribution in [3.63, 3.8) is 0 Å². The summed E-state index contributed by atoms with van der Waals surface area (Å²) >= 11 is 0. The van der Waals surface area contributed by atoms with Crippen molar-refractivity contribution < 1.29 is 14.3 Å². The first-order valence-corrected chi connectivity index (χ1v) is 8.79. The van der Waals surface area contributed by atoms with Crippen molar-refractivity contribution in [2.75, 3.05) is 13.7 Å². The number of aliphatic hydroxyl groups is 1. The Kier molecular flexibility index (Phi) is 6.09. The highest BCUT2D eigenvalue weighted by Crippen LogP contribution is 2.19. The third kappa shape index (κ3) is 4.15. The topological polar surface area (TPSA) is 63.7 Å². The SMILES string of the molecule is CC[C@@H](CO)N(Cc1ccco1)Cc1nccn1-c1ccc(OC)cc1. The van der Waals surface area contributed by atoms with Crippen molar-refractivity contribution in [2.45, 2.75) is 32.5 Å². The molecule has 0 aliphatic heterocycles. The van der Waals surface area contributed by atoms with E-state index in [9.17, 15) is 5.11 Å². The van der Waals surface area contributed by atoms with Crippen LogP contribution in [0.1, 0.15) is 24.9 Å². The standard InChI is InChI=1S/C20H25N3O3/c1-3-16(15-24)22(13-19-5-4-12-26-19)14-20-21-10-11-23(20)17-6-8-18(25-2)9-7-17/h4-12,16,24H,3,13-15H2,1-2H3/t16-/m0/s1. The molecule has 1 aromatic carbocycles. The molecule has 6 heteroatoms. The van der Waals surface area contributed by atoms with Crippen LogP contribution in [0.15, 0.2) is 59.5 Å². The van der Waals surface area contributed by atoms with Crippen molar-refractivity contribution >= 4 is 0 Å². The summed E-state index contributed by atoms with van der Waals surface area (Å²) in [5, 5.41) is 9.78. The molecule has 3 rings (SSSR count). The van der Waals surface area contributed by atoms with Crippen molar-refractivity contribution in [1.29, 1.82) is 0 Å². The Bertz CT molecular complexity index is 777. The number of furan rings is 1. The Hall–Kier alpha value is -2.57. The highest BCUT2D eigenvalue weighted by molar-refractivity contribution is 5.38. The van der Waals surface area contributed by atoms with Gasteiger partial charge in [-0.15, -0.1) is 0 Å². The molecular weight excluding hydrogens is 330 g/mol. The summed E-state index contributed by atoms with van der Waals surface area (Å²) in [4.78, 5) is 6.73. The largest absolute Gasteiger partial charge is 0.497 e. The van der Waals surface area contributed by atoms with Gasteiger partial charge >= 0.3 is 0 Å². The van der Waals surface area contributed by atoms with Crippen LogP contribution in [0.3, 0.4) is 0 Å². The molecule has 0 aliphatic carbocycles. The van der Waals surface area contributed by atoms with Gasteiger partial charge in [-0.2, -0.15) is 0 Å². The van der Waals surface area contributed by atoms with Crippen LogP contribution in [0.25, 0.3) is 5.69 Å². The van der Waals surface area contributed by atoms with Gasteiger partial charge in [0.2, 0.25) is 0 Å². The maximum absolute atomic E-state index is 9.78. The van der Waals surface area contributed by atoms with E-state index < -0.39 is 0 Å². The fourth-order valence-electron chi connectivity index (χ4n) is 3.03. The maximum Gasteiger partial charge on any atom is 0.127 e. The van der Waals surface area contributed by atoms with Crippen LogP contribution in [0.2, 0.25) is 0 Å². The first-order chi connectivity index (χ1) is 12.7. The zero-order valence-corrected chi connectivity index (χ0v) is 15.2. The van der Waals surface area contributed by atoms with E-state index in [-0.39, 0.29) is 12.6 Å². The number of ether oxygens (including phenoxy) is 1. The summed E-state index contributed by atoms with van der Waals surface area (Å²) in [7, 11) is 1.66. The summed E-state index contributed by atoms with van der Waals surface area (Å²) in [6.45, 7) is 3.41. The molecule has 1 atom stereocenters. The molecule has 138 valence electrons. The van der Waals surface area contributed by atoms with Crippen molar-refractivity contribution in [3.8, 4) is 11.4 Å². The van der Waals surface area contributed by atoms with Gasteiger partial charge < -0.3 is 18.8 Å². The fourth-order valence-corrected chi connectivity index (χ4v) is 3.03. The van der Waals surface area contributed by atoms with Crippen molar-refractivity contribution in [2.24, 2.45) is 0 Å². The number of rotatable bonds is 9. The smallest absolute Gasteiger partial charge is 0.127 e. The predicted molar refractivity (Wildman–Crippen MR) is 99.2 cm³/mol. The van der Waals surface area contributed by atoms with E-state index in [4.69, 9.17) is 9.15 Å². The van der Waals surface area contributed by atoms with Gasteiger partial charge in [-0.3, -0.25) is 4.90 Å². The first-order valence-electron chi connectivity index (χ1n) is 8.79. The Balaban J connectivity index is 1.83. The number of hydrogen-bond donors (Lipinski definition) is 1. The number of methoxy groups -OCH3 is 1. The molecule has 0 unspecified atom stereocenters. The third-order valence-electron chi connectivity index (χ3n) is 4.55. The molecule has 2 aromatic heterocycles. The van der Waals surface area contributed by atoms with Crippen LogP contribution in [-0.4, -0.2) is 39.3 Å². The molecule has 6 nitrogen and oxygen atoms in total. The summed E-state index contributed by atoms with van der Waals surface area (Å²) in [5.41, 5.74) is 1.02. The Morgan fingerprint density at radius 3 is 2.65 bits per heavy atom. The number of aliphatic hydroxyl groups excluding tert-OH is 1. The average molecular weight is 355 g/mol. The second-order valence-electron chi connectivity index (χ2n) is 6.14. The Morgan fingerprint density at radius 1 is 1.23 bits per heavy atom. The predicted octanol–water partition coefficient (Wildman–Crippen LogP) is 3.25. The van der Waals surface area contributed by atoms with Crippen molar-refractivity contribution in [3.05, 3.63) is 66.6 Å². The minimum absolute atomic E-state index is 0.0427. The number of nitrogens with zero attached hydrogens (tertiary/aromatic N) is 3. The minimum atomic E-state index is 0.0427. The highest BCUT2D eigenvalue weighted by Gasteiger charge is 2.20. The molecule has 0 saturated heterocycles. The van der Waals surface area contributed by atoms with Crippen LogP contribution >= 0.6 is 0 Å². The normalized spacial score (nSPS) is 12.5. The molecule has 26 heavy (non-hydrogen) atoms. The third-order valence-corrected chi connectivity index (χ3v) is 4.55. The minimum Gasteiger partial charge on any atom is -0.497 e. The van der Waals surface area contributed by atoms with Crippen LogP contribution in [0, 0.1) is 0 Å². The van der Waals surface area contributed by atoms with Crippen LogP contribution in [0.4, 0.5) is 0 Å². The molecule has 0 bridgehead atoms. The molecule has 1 N–H and O–H groups in total. The van der Waals surface area contributed by atoms with E-state index in [1.807, 2.05) is 42.6 Å². The highest BCUT2D eigenvalue weighted by atomic mass is 16.5.